The summed E-state index contributed by atoms with van der Waals surface area (Å²) in [5.41, 5.74) is 6.55. The first-order chi connectivity index (χ1) is 9.10. The molecule has 2 atom stereocenters. The monoisotopic (exact) mass is 284 g/mol. The standard InChI is InChI=1S/C14H21ClN2O2/c1-3-13(10-4-6-11(15)7-5-10)17-14(18)8-12(9-16)19-2/h4-7,12-13H,3,8-9,16H2,1-2H3,(H,17,18). The van der Waals surface area contributed by atoms with E-state index in [1.165, 1.54) is 0 Å². The molecule has 0 aliphatic rings. The van der Waals surface area contributed by atoms with Gasteiger partial charge in [0.1, 0.15) is 0 Å². The minimum Gasteiger partial charge on any atom is -0.380 e. The lowest BCUT2D eigenvalue weighted by molar-refractivity contribution is -0.124. The van der Waals surface area contributed by atoms with Crippen LogP contribution in [0.4, 0.5) is 0 Å². The Labute approximate surface area is 119 Å². The van der Waals surface area contributed by atoms with Gasteiger partial charge in [-0.2, -0.15) is 0 Å². The molecule has 1 rings (SSSR count). The second kappa shape index (κ2) is 8.15. The van der Waals surface area contributed by atoms with Gasteiger partial charge in [-0.3, -0.25) is 4.79 Å². The molecule has 1 aromatic carbocycles. The summed E-state index contributed by atoms with van der Waals surface area (Å²) in [6.07, 6.45) is 0.854. The van der Waals surface area contributed by atoms with Gasteiger partial charge in [-0.15, -0.1) is 0 Å². The summed E-state index contributed by atoms with van der Waals surface area (Å²) in [6.45, 7) is 2.36. The Bertz CT molecular complexity index is 391. The van der Waals surface area contributed by atoms with E-state index < -0.39 is 0 Å². The van der Waals surface area contributed by atoms with Crippen LogP contribution in [0.1, 0.15) is 31.4 Å². The molecular weight excluding hydrogens is 264 g/mol. The van der Waals surface area contributed by atoms with E-state index >= 15 is 0 Å². The van der Waals surface area contributed by atoms with Crippen LogP contribution in [0.25, 0.3) is 0 Å². The molecule has 19 heavy (non-hydrogen) atoms. The van der Waals surface area contributed by atoms with Gasteiger partial charge in [0.2, 0.25) is 5.91 Å². The zero-order valence-corrected chi connectivity index (χ0v) is 12.1. The summed E-state index contributed by atoms with van der Waals surface area (Å²) in [5.74, 6) is -0.0564. The topological polar surface area (TPSA) is 64.4 Å². The number of hydrogen-bond donors (Lipinski definition) is 2. The maximum Gasteiger partial charge on any atom is 0.223 e. The van der Waals surface area contributed by atoms with Crippen molar-refractivity contribution in [3.63, 3.8) is 0 Å². The first-order valence-corrected chi connectivity index (χ1v) is 6.76. The van der Waals surface area contributed by atoms with Crippen LogP contribution in [0, 0.1) is 0 Å². The highest BCUT2D eigenvalue weighted by molar-refractivity contribution is 6.30. The largest absolute Gasteiger partial charge is 0.380 e. The Morgan fingerprint density at radius 3 is 2.53 bits per heavy atom. The highest BCUT2D eigenvalue weighted by Crippen LogP contribution is 2.19. The number of methoxy groups -OCH3 is 1. The fraction of sp³-hybridized carbons (Fsp3) is 0.500. The van der Waals surface area contributed by atoms with Crippen LogP contribution in [0.5, 0.6) is 0 Å². The molecule has 1 amide bonds. The molecule has 0 aromatic heterocycles. The zero-order valence-electron chi connectivity index (χ0n) is 11.4. The summed E-state index contributed by atoms with van der Waals surface area (Å²) in [7, 11) is 1.56. The average molecular weight is 285 g/mol. The van der Waals surface area contributed by atoms with E-state index in [1.807, 2.05) is 31.2 Å². The number of ether oxygens (including phenoxy) is 1. The first kappa shape index (κ1) is 16.0. The molecule has 1 aromatic rings. The Morgan fingerprint density at radius 2 is 2.05 bits per heavy atom. The average Bonchev–Trinajstić information content (AvgIpc) is 2.43. The van der Waals surface area contributed by atoms with Gasteiger partial charge in [-0.05, 0) is 24.1 Å². The Kier molecular flexibility index (Phi) is 6.84. The third-order valence-corrected chi connectivity index (χ3v) is 3.28. The molecule has 0 saturated heterocycles. The number of carbonyl (C=O) groups excluding carboxylic acids is 1. The highest BCUT2D eigenvalue weighted by Gasteiger charge is 2.16. The summed E-state index contributed by atoms with van der Waals surface area (Å²) in [4.78, 5) is 11.9. The Balaban J connectivity index is 2.61. The van der Waals surface area contributed by atoms with Gasteiger partial charge in [-0.25, -0.2) is 0 Å². The third kappa shape index (κ3) is 5.19. The summed E-state index contributed by atoms with van der Waals surface area (Å²) >= 11 is 5.85. The van der Waals surface area contributed by atoms with Gasteiger partial charge in [0, 0.05) is 18.7 Å². The van der Waals surface area contributed by atoms with Crippen molar-refractivity contribution in [2.45, 2.75) is 31.9 Å². The van der Waals surface area contributed by atoms with Gasteiger partial charge in [0.25, 0.3) is 0 Å². The van der Waals surface area contributed by atoms with Crippen LogP contribution < -0.4 is 11.1 Å². The van der Waals surface area contributed by atoms with E-state index in [4.69, 9.17) is 22.1 Å². The number of nitrogens with two attached hydrogens (primary N) is 1. The molecule has 0 fully saturated rings. The number of benzene rings is 1. The summed E-state index contributed by atoms with van der Waals surface area (Å²) in [5, 5.41) is 3.67. The number of nitrogens with one attached hydrogen (secondary N) is 1. The van der Waals surface area contributed by atoms with Crippen molar-refractivity contribution in [1.82, 2.24) is 5.32 Å². The minimum absolute atomic E-state index is 0.0138. The Hall–Kier alpha value is -1.10. The molecule has 3 N–H and O–H groups in total. The van der Waals surface area contributed by atoms with Gasteiger partial charge in [0.15, 0.2) is 0 Å². The quantitative estimate of drug-likeness (QED) is 0.807. The predicted molar refractivity (Wildman–Crippen MR) is 77.1 cm³/mol. The van der Waals surface area contributed by atoms with Crippen molar-refractivity contribution < 1.29 is 9.53 Å². The number of carbonyl (C=O) groups is 1. The maximum atomic E-state index is 11.9. The Morgan fingerprint density at radius 1 is 1.42 bits per heavy atom. The molecule has 0 saturated carbocycles. The first-order valence-electron chi connectivity index (χ1n) is 6.38. The van der Waals surface area contributed by atoms with Gasteiger partial charge in [0.05, 0.1) is 18.6 Å². The van der Waals surface area contributed by atoms with E-state index in [1.54, 1.807) is 7.11 Å². The van der Waals surface area contributed by atoms with Crippen molar-refractivity contribution in [2.24, 2.45) is 5.73 Å². The maximum absolute atomic E-state index is 11.9. The molecule has 0 spiro atoms. The van der Waals surface area contributed by atoms with Crippen LogP contribution in [-0.4, -0.2) is 25.7 Å². The van der Waals surface area contributed by atoms with Crippen molar-refractivity contribution >= 4 is 17.5 Å². The third-order valence-electron chi connectivity index (χ3n) is 3.03. The molecule has 0 bridgehead atoms. The van der Waals surface area contributed by atoms with Crippen molar-refractivity contribution in [3.8, 4) is 0 Å². The number of hydrogen-bond acceptors (Lipinski definition) is 3. The highest BCUT2D eigenvalue weighted by atomic mass is 35.5. The molecule has 2 unspecified atom stereocenters. The fourth-order valence-electron chi connectivity index (χ4n) is 1.84. The molecule has 0 heterocycles. The second-order valence-corrected chi connectivity index (χ2v) is 4.81. The zero-order chi connectivity index (χ0) is 14.3. The number of halogens is 1. The smallest absolute Gasteiger partial charge is 0.223 e. The molecular formula is C14H21ClN2O2. The van der Waals surface area contributed by atoms with Crippen LogP contribution in [0.2, 0.25) is 5.02 Å². The lowest BCUT2D eigenvalue weighted by Crippen LogP contribution is -2.34. The van der Waals surface area contributed by atoms with E-state index in [9.17, 15) is 4.79 Å². The predicted octanol–water partition coefficient (Wildman–Crippen LogP) is 2.27. The van der Waals surface area contributed by atoms with Crippen LogP contribution >= 0.6 is 11.6 Å². The number of amides is 1. The van der Waals surface area contributed by atoms with Crippen LogP contribution in [0.15, 0.2) is 24.3 Å². The van der Waals surface area contributed by atoms with Gasteiger partial charge < -0.3 is 15.8 Å². The van der Waals surface area contributed by atoms with E-state index in [0.29, 0.717) is 11.6 Å². The van der Waals surface area contributed by atoms with Crippen molar-refractivity contribution in [2.75, 3.05) is 13.7 Å². The fourth-order valence-corrected chi connectivity index (χ4v) is 1.97. The second-order valence-electron chi connectivity index (χ2n) is 4.38. The van der Waals surface area contributed by atoms with Crippen molar-refractivity contribution in [1.29, 1.82) is 0 Å². The summed E-state index contributed by atoms with van der Waals surface area (Å²) < 4.78 is 5.10. The molecule has 0 aliphatic heterocycles. The molecule has 0 radical (unpaired) electrons. The lowest BCUT2D eigenvalue weighted by atomic mass is 10.0. The molecule has 5 heteroatoms. The lowest BCUT2D eigenvalue weighted by Gasteiger charge is -2.19. The van der Waals surface area contributed by atoms with E-state index in [-0.39, 0.29) is 24.5 Å². The van der Waals surface area contributed by atoms with Crippen LogP contribution in [0.3, 0.4) is 0 Å². The van der Waals surface area contributed by atoms with Crippen LogP contribution in [-0.2, 0) is 9.53 Å². The van der Waals surface area contributed by atoms with Crippen molar-refractivity contribution in [3.05, 3.63) is 34.9 Å². The van der Waals surface area contributed by atoms with E-state index in [0.717, 1.165) is 12.0 Å². The normalized spacial score (nSPS) is 13.9. The van der Waals surface area contributed by atoms with E-state index in [2.05, 4.69) is 5.32 Å². The molecule has 106 valence electrons. The molecule has 0 aliphatic carbocycles. The molecule has 4 nitrogen and oxygen atoms in total. The van der Waals surface area contributed by atoms with Gasteiger partial charge >= 0.3 is 0 Å². The summed E-state index contributed by atoms with van der Waals surface area (Å²) in [6, 6.07) is 7.48. The van der Waals surface area contributed by atoms with Gasteiger partial charge in [-0.1, -0.05) is 30.7 Å². The minimum atomic E-state index is -0.234. The number of rotatable bonds is 7. The SMILES string of the molecule is CCC(NC(=O)CC(CN)OC)c1ccc(Cl)cc1.